The second kappa shape index (κ2) is 7.51. The Morgan fingerprint density at radius 3 is 2.67 bits per heavy atom. The number of hydrogen-bond donors (Lipinski definition) is 0. The van der Waals surface area contributed by atoms with E-state index in [9.17, 15) is 4.79 Å². The molecule has 0 fully saturated rings. The van der Waals surface area contributed by atoms with Crippen molar-refractivity contribution < 1.29 is 9.21 Å². The van der Waals surface area contributed by atoms with E-state index in [0.29, 0.717) is 21.7 Å². The molecule has 3 rings (SSSR count). The van der Waals surface area contributed by atoms with E-state index in [1.165, 1.54) is 11.8 Å². The fraction of sp³-hybridized carbons (Fsp3) is 0.118. The molecule has 0 N–H and O–H groups in total. The molecule has 2 aromatic carbocycles. The Kier molecular flexibility index (Phi) is 5.38. The van der Waals surface area contributed by atoms with Crippen LogP contribution in [0.1, 0.15) is 17.3 Å². The number of aromatic nitrogens is 2. The Hall–Kier alpha value is -1.63. The van der Waals surface area contributed by atoms with Crippen LogP contribution in [0.2, 0.25) is 5.02 Å². The highest BCUT2D eigenvalue weighted by molar-refractivity contribution is 9.10. The average Bonchev–Trinajstić information content (AvgIpc) is 3.03. The third-order valence-corrected chi connectivity index (χ3v) is 4.95. The average molecular weight is 424 g/mol. The van der Waals surface area contributed by atoms with E-state index in [4.69, 9.17) is 16.0 Å². The molecule has 1 atom stereocenters. The van der Waals surface area contributed by atoms with Gasteiger partial charge in [0.1, 0.15) is 0 Å². The largest absolute Gasteiger partial charge is 0.411 e. The summed E-state index contributed by atoms with van der Waals surface area (Å²) < 4.78 is 6.56. The zero-order valence-electron chi connectivity index (χ0n) is 12.6. The maximum Gasteiger partial charge on any atom is 0.277 e. The van der Waals surface area contributed by atoms with Crippen molar-refractivity contribution in [2.45, 2.75) is 17.4 Å². The second-order valence-corrected chi connectivity index (χ2v) is 7.66. The third-order valence-electron chi connectivity index (χ3n) is 3.25. The van der Waals surface area contributed by atoms with Crippen molar-refractivity contribution in [1.29, 1.82) is 0 Å². The molecule has 122 valence electrons. The molecule has 0 saturated carbocycles. The lowest BCUT2D eigenvalue weighted by molar-refractivity contribution is 0.0993. The van der Waals surface area contributed by atoms with E-state index in [2.05, 4.69) is 26.1 Å². The summed E-state index contributed by atoms with van der Waals surface area (Å²) in [7, 11) is 0. The number of hydrogen-bond acceptors (Lipinski definition) is 5. The number of thioether (sulfide) groups is 1. The first-order chi connectivity index (χ1) is 11.5. The van der Waals surface area contributed by atoms with Gasteiger partial charge in [-0.1, -0.05) is 57.5 Å². The highest BCUT2D eigenvalue weighted by atomic mass is 79.9. The van der Waals surface area contributed by atoms with Gasteiger partial charge in [-0.25, -0.2) is 0 Å². The maximum absolute atomic E-state index is 12.4. The van der Waals surface area contributed by atoms with Crippen LogP contribution in [-0.2, 0) is 0 Å². The predicted octanol–water partition coefficient (Wildman–Crippen LogP) is 5.52. The molecule has 7 heteroatoms. The Bertz CT molecular complexity index is 867. The lowest BCUT2D eigenvalue weighted by atomic mass is 10.1. The molecule has 0 saturated heterocycles. The van der Waals surface area contributed by atoms with Gasteiger partial charge in [0.25, 0.3) is 5.22 Å². The molecule has 3 aromatic rings. The highest BCUT2D eigenvalue weighted by Crippen LogP contribution is 2.28. The van der Waals surface area contributed by atoms with Crippen LogP contribution in [0, 0.1) is 0 Å². The summed E-state index contributed by atoms with van der Waals surface area (Å²) in [4.78, 5) is 12.4. The van der Waals surface area contributed by atoms with Gasteiger partial charge in [0.2, 0.25) is 5.89 Å². The normalized spacial score (nSPS) is 12.1. The summed E-state index contributed by atoms with van der Waals surface area (Å²) in [5, 5.41) is 8.62. The van der Waals surface area contributed by atoms with Crippen LogP contribution in [0.25, 0.3) is 11.5 Å². The smallest absolute Gasteiger partial charge is 0.277 e. The van der Waals surface area contributed by atoms with Gasteiger partial charge >= 0.3 is 0 Å². The first kappa shape index (κ1) is 17.2. The zero-order valence-corrected chi connectivity index (χ0v) is 15.7. The lowest BCUT2D eigenvalue weighted by Crippen LogP contribution is -2.13. The fourth-order valence-electron chi connectivity index (χ4n) is 2.05. The quantitative estimate of drug-likeness (QED) is 0.400. The van der Waals surface area contributed by atoms with Gasteiger partial charge in [-0.05, 0) is 37.3 Å². The number of Topliss-reactive ketones (excluding diaryl/α,β-unsaturated/α-hetero) is 1. The second-order valence-electron chi connectivity index (χ2n) is 5.01. The third kappa shape index (κ3) is 4.06. The Balaban J connectivity index is 1.72. The van der Waals surface area contributed by atoms with E-state index in [-0.39, 0.29) is 11.0 Å². The van der Waals surface area contributed by atoms with Crippen molar-refractivity contribution in [2.75, 3.05) is 0 Å². The van der Waals surface area contributed by atoms with Gasteiger partial charge in [-0.3, -0.25) is 4.79 Å². The van der Waals surface area contributed by atoms with Crippen LogP contribution in [0.4, 0.5) is 0 Å². The van der Waals surface area contributed by atoms with E-state index >= 15 is 0 Å². The zero-order chi connectivity index (χ0) is 17.1. The minimum Gasteiger partial charge on any atom is -0.411 e. The van der Waals surface area contributed by atoms with Crippen molar-refractivity contribution in [2.24, 2.45) is 0 Å². The van der Waals surface area contributed by atoms with Gasteiger partial charge in [0, 0.05) is 20.6 Å². The number of benzene rings is 2. The Labute approximate surface area is 156 Å². The van der Waals surface area contributed by atoms with E-state index in [1.54, 1.807) is 24.3 Å². The predicted molar refractivity (Wildman–Crippen MR) is 98.5 cm³/mol. The SMILES string of the molecule is CC(Sc1nnc(-c2cccc(Cl)c2)o1)C(=O)c1ccc(Br)cc1. The number of carbonyl (C=O) groups is 1. The van der Waals surface area contributed by atoms with Gasteiger partial charge < -0.3 is 4.42 Å². The standard InChI is InChI=1S/C17H12BrClN2O2S/c1-10(15(22)11-5-7-13(18)8-6-11)24-17-21-20-16(23-17)12-3-2-4-14(19)9-12/h2-10H,1H3. The monoisotopic (exact) mass is 422 g/mol. The van der Waals surface area contributed by atoms with E-state index in [1.807, 2.05) is 31.2 Å². The lowest BCUT2D eigenvalue weighted by Gasteiger charge is -2.07. The highest BCUT2D eigenvalue weighted by Gasteiger charge is 2.20. The first-order valence-electron chi connectivity index (χ1n) is 7.09. The van der Waals surface area contributed by atoms with Crippen LogP contribution in [0.3, 0.4) is 0 Å². The van der Waals surface area contributed by atoms with Crippen molar-refractivity contribution in [1.82, 2.24) is 10.2 Å². The number of halogens is 2. The van der Waals surface area contributed by atoms with Crippen molar-refractivity contribution in [3.8, 4) is 11.5 Å². The molecule has 1 aromatic heterocycles. The first-order valence-corrected chi connectivity index (χ1v) is 9.14. The van der Waals surface area contributed by atoms with Gasteiger partial charge in [0.05, 0.1) is 5.25 Å². The summed E-state index contributed by atoms with van der Waals surface area (Å²) in [5.74, 6) is 0.387. The van der Waals surface area contributed by atoms with Crippen LogP contribution in [-0.4, -0.2) is 21.2 Å². The molecular weight excluding hydrogens is 412 g/mol. The summed E-state index contributed by atoms with van der Waals surface area (Å²) >= 11 is 10.6. The Morgan fingerprint density at radius 2 is 1.96 bits per heavy atom. The molecule has 0 aliphatic rings. The summed E-state index contributed by atoms with van der Waals surface area (Å²) in [6, 6.07) is 14.4. The molecule has 0 aliphatic heterocycles. The molecule has 0 aliphatic carbocycles. The van der Waals surface area contributed by atoms with E-state index < -0.39 is 0 Å². The van der Waals surface area contributed by atoms with Crippen molar-refractivity contribution >= 4 is 45.1 Å². The minimum absolute atomic E-state index is 0.00926. The number of carbonyl (C=O) groups excluding carboxylic acids is 1. The van der Waals surface area contributed by atoms with Crippen molar-refractivity contribution in [3.63, 3.8) is 0 Å². The molecule has 0 spiro atoms. The number of nitrogens with zero attached hydrogens (tertiary/aromatic N) is 2. The number of rotatable bonds is 5. The molecule has 4 nitrogen and oxygen atoms in total. The topological polar surface area (TPSA) is 56.0 Å². The summed E-state index contributed by atoms with van der Waals surface area (Å²) in [6.45, 7) is 1.82. The minimum atomic E-state index is -0.334. The van der Waals surface area contributed by atoms with Crippen molar-refractivity contribution in [3.05, 3.63) is 63.6 Å². The molecule has 0 bridgehead atoms. The Morgan fingerprint density at radius 1 is 1.21 bits per heavy atom. The van der Waals surface area contributed by atoms with E-state index in [0.717, 1.165) is 10.0 Å². The van der Waals surface area contributed by atoms with Gasteiger partial charge in [-0.15, -0.1) is 10.2 Å². The van der Waals surface area contributed by atoms with Crippen LogP contribution in [0.5, 0.6) is 0 Å². The summed E-state index contributed by atoms with van der Waals surface area (Å²) in [6.07, 6.45) is 0. The fourth-order valence-corrected chi connectivity index (χ4v) is 3.26. The maximum atomic E-state index is 12.4. The molecule has 1 unspecified atom stereocenters. The molecule has 1 heterocycles. The van der Waals surface area contributed by atoms with Crippen LogP contribution < -0.4 is 0 Å². The van der Waals surface area contributed by atoms with Crippen LogP contribution >= 0.6 is 39.3 Å². The molecule has 0 radical (unpaired) electrons. The van der Waals surface area contributed by atoms with Crippen LogP contribution in [0.15, 0.2) is 62.6 Å². The van der Waals surface area contributed by atoms with Gasteiger partial charge in [-0.2, -0.15) is 0 Å². The molecular formula is C17H12BrClN2O2S. The molecule has 0 amide bonds. The summed E-state index contributed by atoms with van der Waals surface area (Å²) in [5.41, 5.74) is 1.39. The number of ketones is 1. The van der Waals surface area contributed by atoms with Gasteiger partial charge in [0.15, 0.2) is 5.78 Å². The molecule has 24 heavy (non-hydrogen) atoms.